The molecule has 0 spiro atoms. The minimum atomic E-state index is -0.369. The zero-order chi connectivity index (χ0) is 17.1. The molecule has 0 bridgehead atoms. The van der Waals surface area contributed by atoms with Gasteiger partial charge in [0.05, 0.1) is 14.2 Å². The van der Waals surface area contributed by atoms with Gasteiger partial charge in [-0.25, -0.2) is 9.38 Å². The molecular weight excluding hydrogens is 311 g/mol. The monoisotopic (exact) mass is 326 g/mol. The van der Waals surface area contributed by atoms with E-state index < -0.39 is 0 Å². The summed E-state index contributed by atoms with van der Waals surface area (Å²) >= 11 is 0. The first-order valence-corrected chi connectivity index (χ1v) is 7.20. The van der Waals surface area contributed by atoms with Gasteiger partial charge < -0.3 is 14.8 Å². The summed E-state index contributed by atoms with van der Waals surface area (Å²) in [4.78, 5) is 16.4. The first-order valence-electron chi connectivity index (χ1n) is 7.20. The molecule has 0 fully saturated rings. The Morgan fingerprint density at radius 1 is 1.08 bits per heavy atom. The Morgan fingerprint density at radius 2 is 1.88 bits per heavy atom. The van der Waals surface area contributed by atoms with Crippen molar-refractivity contribution in [1.29, 1.82) is 0 Å². The van der Waals surface area contributed by atoms with Crippen LogP contribution in [0.5, 0.6) is 11.5 Å². The van der Waals surface area contributed by atoms with Gasteiger partial charge in [0.1, 0.15) is 17.3 Å². The minimum Gasteiger partial charge on any atom is -0.493 e. The largest absolute Gasteiger partial charge is 0.493 e. The maximum absolute atomic E-state index is 13.2. The van der Waals surface area contributed by atoms with Gasteiger partial charge >= 0.3 is 0 Å². The molecule has 0 saturated heterocycles. The summed E-state index contributed by atoms with van der Waals surface area (Å²) in [7, 11) is 3.08. The Hall–Kier alpha value is -3.15. The van der Waals surface area contributed by atoms with Crippen LogP contribution in [0.15, 0.2) is 53.2 Å². The Kier molecular flexibility index (Phi) is 4.29. The predicted molar refractivity (Wildman–Crippen MR) is 88.6 cm³/mol. The molecule has 122 valence electrons. The lowest BCUT2D eigenvalue weighted by atomic mass is 10.2. The van der Waals surface area contributed by atoms with Crippen LogP contribution in [-0.4, -0.2) is 26.0 Å². The van der Waals surface area contributed by atoms with E-state index in [9.17, 15) is 9.18 Å². The van der Waals surface area contributed by atoms with Gasteiger partial charge in [-0.15, -0.1) is 0 Å². The SMILES string of the molecule is COc1ccc(C2=N/C(=C/c3cccc(F)c3)C(=O)N2)cc1OC. The van der Waals surface area contributed by atoms with Crippen LogP contribution in [0.25, 0.3) is 6.08 Å². The predicted octanol–water partition coefficient (Wildman–Crippen LogP) is 2.76. The maximum atomic E-state index is 13.2. The fourth-order valence-corrected chi connectivity index (χ4v) is 2.34. The lowest BCUT2D eigenvalue weighted by molar-refractivity contribution is -0.115. The number of hydrogen-bond acceptors (Lipinski definition) is 4. The number of aliphatic imine (C=N–C) groups is 1. The molecule has 24 heavy (non-hydrogen) atoms. The van der Waals surface area contributed by atoms with Crippen molar-refractivity contribution < 1.29 is 18.7 Å². The summed E-state index contributed by atoms with van der Waals surface area (Å²) < 4.78 is 23.7. The molecule has 2 aromatic rings. The van der Waals surface area contributed by atoms with Crippen LogP contribution in [0, 0.1) is 5.82 Å². The number of hydrogen-bond donors (Lipinski definition) is 1. The van der Waals surface area contributed by atoms with Crippen molar-refractivity contribution in [3.8, 4) is 11.5 Å². The number of carbonyl (C=O) groups is 1. The number of amidine groups is 1. The highest BCUT2D eigenvalue weighted by molar-refractivity contribution is 6.19. The Bertz CT molecular complexity index is 859. The number of rotatable bonds is 4. The molecule has 0 unspecified atom stereocenters. The number of nitrogens with one attached hydrogen (secondary N) is 1. The lowest BCUT2D eigenvalue weighted by Gasteiger charge is -2.09. The average Bonchev–Trinajstić information content (AvgIpc) is 2.95. The molecule has 1 aliphatic heterocycles. The number of benzene rings is 2. The van der Waals surface area contributed by atoms with Gasteiger partial charge in [-0.2, -0.15) is 0 Å². The summed E-state index contributed by atoms with van der Waals surface area (Å²) in [6.07, 6.45) is 1.53. The van der Waals surface area contributed by atoms with E-state index in [-0.39, 0.29) is 17.4 Å². The molecule has 0 aromatic heterocycles. The number of amides is 1. The smallest absolute Gasteiger partial charge is 0.275 e. The standard InChI is InChI=1S/C18H15FN2O3/c1-23-15-7-6-12(10-16(15)24-2)17-20-14(18(22)21-17)9-11-4-3-5-13(19)8-11/h3-10H,1-2H3,(H,20,21,22)/b14-9+. The molecular formula is C18H15FN2O3. The van der Waals surface area contributed by atoms with Gasteiger partial charge in [0.15, 0.2) is 11.5 Å². The van der Waals surface area contributed by atoms with Crippen molar-refractivity contribution in [3.63, 3.8) is 0 Å². The quantitative estimate of drug-likeness (QED) is 0.879. The molecule has 6 heteroatoms. The summed E-state index contributed by atoms with van der Waals surface area (Å²) in [5, 5.41) is 2.70. The normalized spacial score (nSPS) is 15.2. The van der Waals surface area contributed by atoms with Gasteiger partial charge in [0, 0.05) is 5.56 Å². The average molecular weight is 326 g/mol. The van der Waals surface area contributed by atoms with Crippen LogP contribution in [0.1, 0.15) is 11.1 Å². The van der Waals surface area contributed by atoms with Gasteiger partial charge in [0.2, 0.25) is 0 Å². The summed E-state index contributed by atoms with van der Waals surface area (Å²) in [5.74, 6) is 0.815. The number of methoxy groups -OCH3 is 2. The van der Waals surface area contributed by atoms with E-state index in [1.807, 2.05) is 0 Å². The third-order valence-electron chi connectivity index (χ3n) is 3.51. The lowest BCUT2D eigenvalue weighted by Crippen LogP contribution is -2.24. The zero-order valence-electron chi connectivity index (χ0n) is 13.2. The zero-order valence-corrected chi connectivity index (χ0v) is 13.2. The van der Waals surface area contributed by atoms with Crippen molar-refractivity contribution in [2.75, 3.05) is 14.2 Å². The fraction of sp³-hybridized carbons (Fsp3) is 0.111. The van der Waals surface area contributed by atoms with Gasteiger partial charge in [-0.3, -0.25) is 4.79 Å². The Labute approximate surface area is 138 Å². The first-order chi connectivity index (χ1) is 11.6. The number of ether oxygens (including phenoxy) is 2. The van der Waals surface area contributed by atoms with Crippen molar-refractivity contribution in [1.82, 2.24) is 5.32 Å². The van der Waals surface area contributed by atoms with E-state index in [0.717, 1.165) is 0 Å². The number of halogens is 1. The molecule has 0 saturated carbocycles. The van der Waals surface area contributed by atoms with Crippen LogP contribution >= 0.6 is 0 Å². The van der Waals surface area contributed by atoms with Crippen LogP contribution in [0.4, 0.5) is 4.39 Å². The highest BCUT2D eigenvalue weighted by atomic mass is 19.1. The van der Waals surface area contributed by atoms with Gasteiger partial charge in [-0.05, 0) is 42.0 Å². The van der Waals surface area contributed by atoms with E-state index in [1.165, 1.54) is 25.3 Å². The van der Waals surface area contributed by atoms with E-state index >= 15 is 0 Å². The maximum Gasteiger partial charge on any atom is 0.275 e. The van der Waals surface area contributed by atoms with Gasteiger partial charge in [-0.1, -0.05) is 12.1 Å². The summed E-state index contributed by atoms with van der Waals surface area (Å²) in [5.41, 5.74) is 1.46. The molecule has 1 amide bonds. The number of carbonyl (C=O) groups excluding carboxylic acids is 1. The Balaban J connectivity index is 1.94. The van der Waals surface area contributed by atoms with E-state index in [2.05, 4.69) is 10.3 Å². The highest BCUT2D eigenvalue weighted by Crippen LogP contribution is 2.28. The van der Waals surface area contributed by atoms with E-state index in [0.29, 0.717) is 28.5 Å². The molecule has 0 aliphatic carbocycles. The van der Waals surface area contributed by atoms with Crippen molar-refractivity contribution in [3.05, 3.63) is 65.1 Å². The fourth-order valence-electron chi connectivity index (χ4n) is 2.34. The third-order valence-corrected chi connectivity index (χ3v) is 3.51. The second-order valence-electron chi connectivity index (χ2n) is 5.07. The number of nitrogens with zero attached hydrogens (tertiary/aromatic N) is 1. The van der Waals surface area contributed by atoms with E-state index in [4.69, 9.17) is 9.47 Å². The molecule has 0 atom stereocenters. The van der Waals surface area contributed by atoms with Crippen LogP contribution in [0.3, 0.4) is 0 Å². The second-order valence-corrected chi connectivity index (χ2v) is 5.07. The van der Waals surface area contributed by atoms with Crippen LogP contribution < -0.4 is 14.8 Å². The summed E-state index contributed by atoms with van der Waals surface area (Å²) in [6, 6.07) is 11.2. The van der Waals surface area contributed by atoms with Crippen LogP contribution in [0.2, 0.25) is 0 Å². The highest BCUT2D eigenvalue weighted by Gasteiger charge is 2.22. The molecule has 2 aromatic carbocycles. The first kappa shape index (κ1) is 15.7. The Morgan fingerprint density at radius 3 is 2.58 bits per heavy atom. The molecule has 1 N–H and O–H groups in total. The van der Waals surface area contributed by atoms with Crippen LogP contribution in [-0.2, 0) is 4.79 Å². The topological polar surface area (TPSA) is 59.9 Å². The second kappa shape index (κ2) is 6.54. The minimum absolute atomic E-state index is 0.213. The van der Waals surface area contributed by atoms with E-state index in [1.54, 1.807) is 37.4 Å². The molecule has 1 aliphatic rings. The molecule has 0 radical (unpaired) electrons. The molecule has 3 rings (SSSR count). The summed E-state index contributed by atoms with van der Waals surface area (Å²) in [6.45, 7) is 0. The van der Waals surface area contributed by atoms with Crippen molar-refractivity contribution >= 4 is 17.8 Å². The van der Waals surface area contributed by atoms with Crippen molar-refractivity contribution in [2.45, 2.75) is 0 Å². The van der Waals surface area contributed by atoms with Crippen molar-refractivity contribution in [2.24, 2.45) is 4.99 Å². The molecule has 5 nitrogen and oxygen atoms in total. The third kappa shape index (κ3) is 3.12. The van der Waals surface area contributed by atoms with Gasteiger partial charge in [0.25, 0.3) is 5.91 Å². The molecule has 1 heterocycles.